The molecule has 0 bridgehead atoms. The first-order valence-corrected chi connectivity index (χ1v) is 9.06. The van der Waals surface area contributed by atoms with Gasteiger partial charge in [-0.3, -0.25) is 4.79 Å². The van der Waals surface area contributed by atoms with E-state index in [2.05, 4.69) is 5.32 Å². The quantitative estimate of drug-likeness (QED) is 0.815. The highest BCUT2D eigenvalue weighted by Crippen LogP contribution is 2.26. The predicted molar refractivity (Wildman–Crippen MR) is 103 cm³/mol. The number of carbonyl (C=O) groups excluding carboxylic acids is 1. The first-order chi connectivity index (χ1) is 12.1. The zero-order valence-corrected chi connectivity index (χ0v) is 16.1. The molecule has 146 valence electrons. The number of benzene rings is 1. The summed E-state index contributed by atoms with van der Waals surface area (Å²) in [6, 6.07) is 5.73. The van der Waals surface area contributed by atoms with Gasteiger partial charge < -0.3 is 25.3 Å². The SMILES string of the molecule is Cc1ccc(NC(=O)C2(N)CCOCC2)cc1OCC1CCOCC1.Cl. The van der Waals surface area contributed by atoms with Crippen molar-refractivity contribution in [2.45, 2.75) is 38.1 Å². The van der Waals surface area contributed by atoms with Gasteiger partial charge in [0.05, 0.1) is 6.61 Å². The molecule has 6 nitrogen and oxygen atoms in total. The third-order valence-electron chi connectivity index (χ3n) is 5.10. The number of hydrogen-bond acceptors (Lipinski definition) is 5. The average Bonchev–Trinajstić information content (AvgIpc) is 2.63. The van der Waals surface area contributed by atoms with E-state index in [0.29, 0.717) is 44.3 Å². The van der Waals surface area contributed by atoms with Crippen molar-refractivity contribution in [3.63, 3.8) is 0 Å². The van der Waals surface area contributed by atoms with Crippen LogP contribution in [0.15, 0.2) is 18.2 Å². The normalized spacial score (nSPS) is 20.1. The molecule has 0 saturated carbocycles. The maximum atomic E-state index is 12.5. The number of amides is 1. The summed E-state index contributed by atoms with van der Waals surface area (Å²) < 4.78 is 16.7. The van der Waals surface area contributed by atoms with Crippen LogP contribution in [-0.4, -0.2) is 44.5 Å². The van der Waals surface area contributed by atoms with Crippen molar-refractivity contribution in [2.24, 2.45) is 11.7 Å². The zero-order chi connectivity index (χ0) is 17.7. The van der Waals surface area contributed by atoms with Crippen molar-refractivity contribution in [2.75, 3.05) is 38.4 Å². The summed E-state index contributed by atoms with van der Waals surface area (Å²) in [7, 11) is 0. The van der Waals surface area contributed by atoms with Crippen LogP contribution in [0.3, 0.4) is 0 Å². The Morgan fingerprint density at radius 2 is 1.88 bits per heavy atom. The molecule has 0 atom stereocenters. The van der Waals surface area contributed by atoms with E-state index in [0.717, 1.165) is 37.4 Å². The average molecular weight is 385 g/mol. The summed E-state index contributed by atoms with van der Waals surface area (Å²) in [4.78, 5) is 12.5. The van der Waals surface area contributed by atoms with E-state index in [1.807, 2.05) is 25.1 Å². The minimum absolute atomic E-state index is 0. The largest absolute Gasteiger partial charge is 0.493 e. The number of aryl methyl sites for hydroxylation is 1. The summed E-state index contributed by atoms with van der Waals surface area (Å²) in [5.74, 6) is 1.18. The molecular weight excluding hydrogens is 356 g/mol. The second kappa shape index (κ2) is 9.55. The van der Waals surface area contributed by atoms with Crippen molar-refractivity contribution in [1.29, 1.82) is 0 Å². The fourth-order valence-electron chi connectivity index (χ4n) is 3.17. The number of anilines is 1. The van der Waals surface area contributed by atoms with E-state index in [-0.39, 0.29) is 18.3 Å². The van der Waals surface area contributed by atoms with Gasteiger partial charge in [-0.25, -0.2) is 0 Å². The van der Waals surface area contributed by atoms with E-state index in [1.54, 1.807) is 0 Å². The van der Waals surface area contributed by atoms with Crippen LogP contribution < -0.4 is 15.8 Å². The second-order valence-corrected chi connectivity index (χ2v) is 7.07. The highest BCUT2D eigenvalue weighted by atomic mass is 35.5. The standard InChI is InChI=1S/C19H28N2O4.ClH/c1-14-2-3-16(21-18(22)19(20)6-10-24-11-7-19)12-17(14)25-13-15-4-8-23-9-5-15;/h2-3,12,15H,4-11,13,20H2,1H3,(H,21,22);1H. The molecule has 26 heavy (non-hydrogen) atoms. The molecule has 3 rings (SSSR count). The van der Waals surface area contributed by atoms with Gasteiger partial charge in [0.15, 0.2) is 0 Å². The van der Waals surface area contributed by atoms with Gasteiger partial charge in [0.1, 0.15) is 11.3 Å². The maximum Gasteiger partial charge on any atom is 0.244 e. The lowest BCUT2D eigenvalue weighted by atomic mass is 9.90. The minimum Gasteiger partial charge on any atom is -0.493 e. The predicted octanol–water partition coefficient (Wildman–Crippen LogP) is 2.67. The highest BCUT2D eigenvalue weighted by molar-refractivity contribution is 5.98. The fourth-order valence-corrected chi connectivity index (χ4v) is 3.17. The van der Waals surface area contributed by atoms with Gasteiger partial charge in [-0.1, -0.05) is 6.07 Å². The monoisotopic (exact) mass is 384 g/mol. The van der Waals surface area contributed by atoms with Gasteiger partial charge in [-0.15, -0.1) is 12.4 Å². The molecule has 2 heterocycles. The van der Waals surface area contributed by atoms with E-state index >= 15 is 0 Å². The molecule has 1 aromatic carbocycles. The van der Waals surface area contributed by atoms with Gasteiger partial charge in [0.2, 0.25) is 5.91 Å². The lowest BCUT2D eigenvalue weighted by Gasteiger charge is -2.31. The van der Waals surface area contributed by atoms with Crippen molar-refractivity contribution in [3.05, 3.63) is 23.8 Å². The Kier molecular flexibility index (Phi) is 7.70. The molecular formula is C19H29ClN2O4. The first-order valence-electron chi connectivity index (χ1n) is 9.06. The van der Waals surface area contributed by atoms with Gasteiger partial charge in [-0.05, 0) is 50.2 Å². The molecule has 1 aromatic rings. The summed E-state index contributed by atoms with van der Waals surface area (Å²) in [6.45, 7) is 5.36. The molecule has 1 amide bonds. The minimum atomic E-state index is -0.855. The molecule has 0 radical (unpaired) electrons. The third kappa shape index (κ3) is 5.33. The molecule has 2 aliphatic heterocycles. The Labute approximate surface area is 161 Å². The zero-order valence-electron chi connectivity index (χ0n) is 15.3. The topological polar surface area (TPSA) is 82.8 Å². The van der Waals surface area contributed by atoms with Crippen LogP contribution in [0.5, 0.6) is 5.75 Å². The lowest BCUT2D eigenvalue weighted by Crippen LogP contribution is -2.54. The number of nitrogens with one attached hydrogen (secondary N) is 1. The number of ether oxygens (including phenoxy) is 3. The molecule has 7 heteroatoms. The summed E-state index contributed by atoms with van der Waals surface area (Å²) in [5.41, 5.74) is 7.16. The Balaban J connectivity index is 0.00000243. The second-order valence-electron chi connectivity index (χ2n) is 7.07. The van der Waals surface area contributed by atoms with Gasteiger partial charge >= 0.3 is 0 Å². The van der Waals surface area contributed by atoms with Crippen molar-refractivity contribution in [3.8, 4) is 5.75 Å². The van der Waals surface area contributed by atoms with E-state index in [9.17, 15) is 4.79 Å². The molecule has 2 aliphatic rings. The Morgan fingerprint density at radius 3 is 2.58 bits per heavy atom. The fraction of sp³-hybridized carbons (Fsp3) is 0.632. The van der Waals surface area contributed by atoms with Crippen LogP contribution >= 0.6 is 12.4 Å². The smallest absolute Gasteiger partial charge is 0.244 e. The van der Waals surface area contributed by atoms with Gasteiger partial charge in [0, 0.05) is 38.2 Å². The molecule has 2 saturated heterocycles. The van der Waals surface area contributed by atoms with Crippen molar-refractivity contribution >= 4 is 24.0 Å². The third-order valence-corrected chi connectivity index (χ3v) is 5.10. The van der Waals surface area contributed by atoms with Crippen LogP contribution in [0.1, 0.15) is 31.2 Å². The van der Waals surface area contributed by atoms with Crippen molar-refractivity contribution < 1.29 is 19.0 Å². The number of halogens is 1. The summed E-state index contributed by atoms with van der Waals surface area (Å²) >= 11 is 0. The van der Waals surface area contributed by atoms with Gasteiger partial charge in [0.25, 0.3) is 0 Å². The van der Waals surface area contributed by atoms with Crippen LogP contribution in [0.2, 0.25) is 0 Å². The number of carbonyl (C=O) groups is 1. The number of nitrogens with two attached hydrogens (primary N) is 1. The Hall–Kier alpha value is -1.34. The molecule has 0 unspecified atom stereocenters. The Bertz CT molecular complexity index is 599. The van der Waals surface area contributed by atoms with E-state index < -0.39 is 5.54 Å². The van der Waals surface area contributed by atoms with E-state index in [4.69, 9.17) is 19.9 Å². The molecule has 0 spiro atoms. The molecule has 2 fully saturated rings. The highest BCUT2D eigenvalue weighted by Gasteiger charge is 2.36. The lowest BCUT2D eigenvalue weighted by molar-refractivity contribution is -0.124. The van der Waals surface area contributed by atoms with Crippen LogP contribution in [0.25, 0.3) is 0 Å². The summed E-state index contributed by atoms with van der Waals surface area (Å²) in [5, 5.41) is 2.94. The van der Waals surface area contributed by atoms with Crippen molar-refractivity contribution in [1.82, 2.24) is 0 Å². The van der Waals surface area contributed by atoms with Gasteiger partial charge in [-0.2, -0.15) is 0 Å². The Morgan fingerprint density at radius 1 is 1.23 bits per heavy atom. The molecule has 0 aromatic heterocycles. The number of rotatable bonds is 5. The van der Waals surface area contributed by atoms with E-state index in [1.165, 1.54) is 0 Å². The number of hydrogen-bond donors (Lipinski definition) is 2. The summed E-state index contributed by atoms with van der Waals surface area (Å²) in [6.07, 6.45) is 3.15. The molecule has 3 N–H and O–H groups in total. The van der Waals surface area contributed by atoms with Crippen LogP contribution in [0, 0.1) is 12.8 Å². The van der Waals surface area contributed by atoms with Crippen LogP contribution in [-0.2, 0) is 14.3 Å². The first kappa shape index (κ1) is 21.0. The van der Waals surface area contributed by atoms with Crippen LogP contribution in [0.4, 0.5) is 5.69 Å². The molecule has 0 aliphatic carbocycles. The maximum absolute atomic E-state index is 12.5.